The van der Waals surface area contributed by atoms with Crippen molar-refractivity contribution in [3.63, 3.8) is 0 Å². The van der Waals surface area contributed by atoms with Crippen LogP contribution in [-0.2, 0) is 11.4 Å². The summed E-state index contributed by atoms with van der Waals surface area (Å²) in [5, 5.41) is 5.12. The third-order valence-electron chi connectivity index (χ3n) is 3.60. The average molecular weight is 298 g/mol. The van der Waals surface area contributed by atoms with Crippen LogP contribution in [0.15, 0.2) is 47.5 Å². The first-order valence-electron chi connectivity index (χ1n) is 7.12. The number of hydroxylamine groups is 1. The van der Waals surface area contributed by atoms with Gasteiger partial charge < -0.3 is 10.6 Å². The van der Waals surface area contributed by atoms with Gasteiger partial charge in [0.2, 0.25) is 5.66 Å². The van der Waals surface area contributed by atoms with Crippen molar-refractivity contribution >= 4 is 22.7 Å². The molecule has 0 atom stereocenters. The lowest BCUT2D eigenvalue weighted by Gasteiger charge is -2.26. The molecule has 1 aliphatic rings. The third-order valence-corrected chi connectivity index (χ3v) is 3.60. The fraction of sp³-hybridized carbons (Fsp3) is 0.250. The topological polar surface area (TPSA) is 88.7 Å². The van der Waals surface area contributed by atoms with E-state index in [1.807, 2.05) is 38.1 Å². The molecule has 0 radical (unpaired) electrons. The Balaban J connectivity index is 1.87. The van der Waals surface area contributed by atoms with E-state index < -0.39 is 5.66 Å². The van der Waals surface area contributed by atoms with E-state index in [-0.39, 0.29) is 5.96 Å². The second-order valence-corrected chi connectivity index (χ2v) is 5.71. The van der Waals surface area contributed by atoms with Crippen LogP contribution in [-0.4, -0.2) is 22.3 Å². The number of fused-ring (bicyclic) bond motifs is 1. The van der Waals surface area contributed by atoms with Gasteiger partial charge >= 0.3 is 5.96 Å². The molecule has 1 aliphatic heterocycles. The number of hydrogen-bond donors (Lipinski definition) is 3. The minimum atomic E-state index is -0.663. The molecule has 3 rings (SSSR count). The number of nitrogens with zero attached hydrogens (tertiary/aromatic N) is 2. The standard InChI is InChI=1S/C16H19N5O/c1-16(2)20-14(17)19-15(18)21(16)22-10-12-8-5-7-11-6-3-4-9-13(11)12/h3-9H,10H2,1-2H3,(H4,17,18,19,20)/p+1. The number of rotatable bonds is 3. The van der Waals surface area contributed by atoms with Gasteiger partial charge in [0.25, 0.3) is 5.96 Å². The molecule has 0 bridgehead atoms. The molecule has 0 aliphatic carbocycles. The van der Waals surface area contributed by atoms with E-state index in [4.69, 9.17) is 16.3 Å². The van der Waals surface area contributed by atoms with Crippen molar-refractivity contribution in [3.8, 4) is 0 Å². The molecule has 1 heterocycles. The van der Waals surface area contributed by atoms with Crippen molar-refractivity contribution < 1.29 is 9.58 Å². The third kappa shape index (κ3) is 2.55. The molecule has 6 heteroatoms. The molecule has 0 unspecified atom stereocenters. The van der Waals surface area contributed by atoms with Crippen molar-refractivity contribution in [3.05, 3.63) is 48.0 Å². The van der Waals surface area contributed by atoms with Crippen molar-refractivity contribution in [2.24, 2.45) is 16.5 Å². The zero-order valence-electron chi connectivity index (χ0n) is 12.7. The predicted octanol–water partition coefficient (Wildman–Crippen LogP) is 1.25. The highest BCUT2D eigenvalue weighted by Gasteiger charge is 2.35. The van der Waals surface area contributed by atoms with Gasteiger partial charge in [-0.25, -0.2) is 5.32 Å². The predicted molar refractivity (Wildman–Crippen MR) is 87.0 cm³/mol. The molecule has 0 spiro atoms. The molecular formula is C16H20N5O+. The molecule has 5 N–H and O–H groups in total. The number of hydrogen-bond acceptors (Lipinski definition) is 5. The Bertz CT molecular complexity index is 774. The molecule has 0 amide bonds. The minimum absolute atomic E-state index is 0.285. The molecule has 22 heavy (non-hydrogen) atoms. The van der Waals surface area contributed by atoms with Crippen LogP contribution in [0.4, 0.5) is 0 Å². The summed E-state index contributed by atoms with van der Waals surface area (Å²) < 4.78 is 1.55. The summed E-state index contributed by atoms with van der Waals surface area (Å²) >= 11 is 0. The second kappa shape index (κ2) is 5.22. The number of nitrogens with one attached hydrogen (secondary N) is 1. The first-order valence-corrected chi connectivity index (χ1v) is 7.12. The summed E-state index contributed by atoms with van der Waals surface area (Å²) in [5.74, 6) is 0.616. The van der Waals surface area contributed by atoms with Crippen LogP contribution >= 0.6 is 0 Å². The average Bonchev–Trinajstić information content (AvgIpc) is 2.45. The van der Waals surface area contributed by atoms with E-state index in [0.29, 0.717) is 12.6 Å². The molecule has 0 fully saturated rings. The van der Waals surface area contributed by atoms with Gasteiger partial charge in [-0.3, -0.25) is 5.73 Å². The minimum Gasteiger partial charge on any atom is -0.357 e. The molecule has 6 nitrogen and oxygen atoms in total. The summed E-state index contributed by atoms with van der Waals surface area (Å²) in [6.07, 6.45) is 0. The van der Waals surface area contributed by atoms with Crippen molar-refractivity contribution in [2.75, 3.05) is 0 Å². The van der Waals surface area contributed by atoms with E-state index in [0.717, 1.165) is 10.9 Å². The van der Waals surface area contributed by atoms with Gasteiger partial charge in [-0.2, -0.15) is 4.99 Å². The van der Waals surface area contributed by atoms with Gasteiger partial charge in [-0.05, 0) is 24.6 Å². The molecule has 2 aromatic carbocycles. The molecular weight excluding hydrogens is 278 g/mol. The summed E-state index contributed by atoms with van der Waals surface area (Å²) in [5.41, 5.74) is 12.1. The Morgan fingerprint density at radius 1 is 1.14 bits per heavy atom. The van der Waals surface area contributed by atoms with Crippen LogP contribution in [0.25, 0.3) is 10.8 Å². The van der Waals surface area contributed by atoms with Crippen LogP contribution in [0.3, 0.4) is 0 Å². The molecule has 2 aromatic rings. The van der Waals surface area contributed by atoms with Crippen LogP contribution in [0.5, 0.6) is 0 Å². The number of guanidine groups is 2. The molecule has 0 aromatic heterocycles. The largest absolute Gasteiger partial charge is 0.390 e. The van der Waals surface area contributed by atoms with Crippen molar-refractivity contribution in [1.82, 2.24) is 5.32 Å². The van der Waals surface area contributed by atoms with E-state index in [9.17, 15) is 0 Å². The highest BCUT2D eigenvalue weighted by atomic mass is 16.7. The lowest BCUT2D eigenvalue weighted by Crippen LogP contribution is -2.57. The van der Waals surface area contributed by atoms with Crippen LogP contribution in [0.1, 0.15) is 19.4 Å². The number of benzene rings is 2. The summed E-state index contributed by atoms with van der Waals surface area (Å²) in [6, 6.07) is 14.3. The monoisotopic (exact) mass is 298 g/mol. The summed E-state index contributed by atoms with van der Waals surface area (Å²) in [6.45, 7) is 4.16. The highest BCUT2D eigenvalue weighted by molar-refractivity contribution is 5.95. The maximum atomic E-state index is 5.97. The Morgan fingerprint density at radius 2 is 1.86 bits per heavy atom. The smallest absolute Gasteiger partial charge is 0.357 e. The normalized spacial score (nSPS) is 17.1. The van der Waals surface area contributed by atoms with E-state index in [1.165, 1.54) is 5.39 Å². The van der Waals surface area contributed by atoms with Crippen LogP contribution < -0.4 is 16.8 Å². The van der Waals surface area contributed by atoms with E-state index in [1.54, 1.807) is 4.74 Å². The Kier molecular flexibility index (Phi) is 3.36. The maximum absolute atomic E-state index is 5.97. The molecule has 114 valence electrons. The van der Waals surface area contributed by atoms with Gasteiger partial charge in [0, 0.05) is 5.56 Å². The second-order valence-electron chi connectivity index (χ2n) is 5.71. The summed E-state index contributed by atoms with van der Waals surface area (Å²) in [7, 11) is 0. The summed E-state index contributed by atoms with van der Waals surface area (Å²) in [4.78, 5) is 10.2. The zero-order chi connectivity index (χ0) is 15.7. The van der Waals surface area contributed by atoms with Crippen molar-refractivity contribution in [2.45, 2.75) is 26.1 Å². The Hall–Kier alpha value is -2.76. The maximum Gasteiger partial charge on any atom is 0.390 e. The lowest BCUT2D eigenvalue weighted by molar-refractivity contribution is -0.838. The van der Waals surface area contributed by atoms with Crippen LogP contribution in [0.2, 0.25) is 0 Å². The van der Waals surface area contributed by atoms with Gasteiger partial charge in [0.05, 0.1) is 0 Å². The Morgan fingerprint density at radius 3 is 2.64 bits per heavy atom. The first kappa shape index (κ1) is 14.2. The fourth-order valence-corrected chi connectivity index (χ4v) is 2.62. The highest BCUT2D eigenvalue weighted by Crippen LogP contribution is 2.21. The van der Waals surface area contributed by atoms with Crippen LogP contribution in [0, 0.1) is 0 Å². The van der Waals surface area contributed by atoms with Gasteiger partial charge in [-0.1, -0.05) is 47.2 Å². The number of nitrogens with two attached hydrogens (primary N) is 2. The fourth-order valence-electron chi connectivity index (χ4n) is 2.62. The molecule has 0 saturated heterocycles. The number of aliphatic imine (C=N–C) groups is 1. The quantitative estimate of drug-likeness (QED) is 0.744. The van der Waals surface area contributed by atoms with Crippen molar-refractivity contribution in [1.29, 1.82) is 0 Å². The van der Waals surface area contributed by atoms with E-state index >= 15 is 0 Å². The molecule has 0 saturated carbocycles. The van der Waals surface area contributed by atoms with Gasteiger partial charge in [-0.15, -0.1) is 0 Å². The van der Waals surface area contributed by atoms with Gasteiger partial charge in [0.15, 0.2) is 6.61 Å². The Labute approximate surface area is 129 Å². The first-order chi connectivity index (χ1) is 10.5. The SMILES string of the molecule is CC1(C)N=C(N)NC(N)=[N+]1OCc1cccc2ccccc12. The van der Waals surface area contributed by atoms with E-state index in [2.05, 4.69) is 28.5 Å². The lowest BCUT2D eigenvalue weighted by atomic mass is 10.1. The zero-order valence-corrected chi connectivity index (χ0v) is 12.7. The van der Waals surface area contributed by atoms with Gasteiger partial charge in [0.1, 0.15) is 0 Å².